The lowest BCUT2D eigenvalue weighted by atomic mass is 9.98. The molecule has 78 valence electrons. The third-order valence-electron chi connectivity index (χ3n) is 2.52. The van der Waals surface area contributed by atoms with Crippen LogP contribution in [0.4, 0.5) is 5.69 Å². The van der Waals surface area contributed by atoms with Crippen molar-refractivity contribution in [1.29, 1.82) is 10.8 Å². The summed E-state index contributed by atoms with van der Waals surface area (Å²) in [5.41, 5.74) is 4.54. The van der Waals surface area contributed by atoms with Crippen LogP contribution in [0.3, 0.4) is 0 Å². The second kappa shape index (κ2) is 4.49. The molecule has 2 rings (SSSR count). The maximum Gasteiger partial charge on any atom is 0.100 e. The molecule has 0 fully saturated rings. The average Bonchev–Trinajstić information content (AvgIpc) is 2.28. The van der Waals surface area contributed by atoms with Crippen LogP contribution in [-0.2, 0) is 6.42 Å². The zero-order chi connectivity index (χ0) is 10.7. The van der Waals surface area contributed by atoms with E-state index in [1.54, 1.807) is 0 Å². The van der Waals surface area contributed by atoms with E-state index in [4.69, 9.17) is 10.8 Å². The molecule has 1 aliphatic rings. The first-order valence-electron chi connectivity index (χ1n) is 4.93. The van der Waals surface area contributed by atoms with E-state index in [-0.39, 0.29) is 0 Å². The summed E-state index contributed by atoms with van der Waals surface area (Å²) in [5, 5.41) is 18.7. The second-order valence-corrected chi connectivity index (χ2v) is 4.31. The Balaban J connectivity index is 2.38. The third-order valence-corrected chi connectivity index (χ3v) is 3.09. The van der Waals surface area contributed by atoms with Crippen LogP contribution < -0.4 is 5.32 Å². The Hall–Kier alpha value is -1.29. The summed E-state index contributed by atoms with van der Waals surface area (Å²) in [6, 6.07) is 5.98. The van der Waals surface area contributed by atoms with Gasteiger partial charge in [-0.05, 0) is 24.5 Å². The number of hydrogen-bond donors (Lipinski definition) is 3. The molecule has 0 unspecified atom stereocenters. The van der Waals surface area contributed by atoms with Crippen LogP contribution >= 0.6 is 11.8 Å². The zero-order valence-corrected chi connectivity index (χ0v) is 9.16. The van der Waals surface area contributed by atoms with Gasteiger partial charge in [0.25, 0.3) is 0 Å². The number of anilines is 1. The van der Waals surface area contributed by atoms with E-state index in [0.717, 1.165) is 42.4 Å². The first-order chi connectivity index (χ1) is 7.33. The number of benzene rings is 1. The van der Waals surface area contributed by atoms with Crippen molar-refractivity contribution in [3.8, 4) is 0 Å². The molecule has 3 nitrogen and oxygen atoms in total. The molecule has 3 N–H and O–H groups in total. The number of fused-ring (bicyclic) bond motifs is 1. The quantitative estimate of drug-likeness (QED) is 0.529. The predicted molar refractivity (Wildman–Crippen MR) is 66.5 cm³/mol. The highest BCUT2D eigenvalue weighted by Crippen LogP contribution is 2.27. The van der Waals surface area contributed by atoms with Crippen molar-refractivity contribution in [2.24, 2.45) is 0 Å². The van der Waals surface area contributed by atoms with E-state index in [9.17, 15) is 0 Å². The summed E-state index contributed by atoms with van der Waals surface area (Å²) < 4.78 is 0. The highest BCUT2D eigenvalue weighted by atomic mass is 32.2. The van der Waals surface area contributed by atoms with E-state index in [0.29, 0.717) is 5.04 Å². The summed E-state index contributed by atoms with van der Waals surface area (Å²) >= 11 is 1.15. The topological polar surface area (TPSA) is 59.7 Å². The van der Waals surface area contributed by atoms with Gasteiger partial charge in [-0.25, -0.2) is 0 Å². The van der Waals surface area contributed by atoms with Crippen LogP contribution in [0.25, 0.3) is 0 Å². The molecule has 0 aromatic heterocycles. The molecule has 15 heavy (non-hydrogen) atoms. The lowest BCUT2D eigenvalue weighted by Crippen LogP contribution is -2.14. The summed E-state index contributed by atoms with van der Waals surface area (Å²) in [7, 11) is 0. The fraction of sp³-hybridized carbons (Fsp3) is 0.273. The molecular weight excluding hydrogens is 206 g/mol. The Kier molecular flexibility index (Phi) is 3.06. The van der Waals surface area contributed by atoms with Crippen molar-refractivity contribution in [3.05, 3.63) is 29.3 Å². The first kappa shape index (κ1) is 10.2. The van der Waals surface area contributed by atoms with Gasteiger partial charge >= 0.3 is 0 Å². The molecule has 0 spiro atoms. The van der Waals surface area contributed by atoms with Gasteiger partial charge in [-0.2, -0.15) is 0 Å². The molecule has 0 saturated heterocycles. The van der Waals surface area contributed by atoms with Crippen LogP contribution in [0.1, 0.15) is 17.5 Å². The van der Waals surface area contributed by atoms with Crippen molar-refractivity contribution in [2.75, 3.05) is 11.9 Å². The van der Waals surface area contributed by atoms with Crippen LogP contribution in [0.15, 0.2) is 18.2 Å². The molecule has 0 saturated carbocycles. The predicted octanol–water partition coefficient (Wildman–Crippen LogP) is 2.71. The normalized spacial score (nSPS) is 13.9. The molecular formula is C11H13N3S. The Morgan fingerprint density at radius 2 is 2.33 bits per heavy atom. The lowest BCUT2D eigenvalue weighted by molar-refractivity contribution is 0.829. The van der Waals surface area contributed by atoms with E-state index in [1.807, 2.05) is 12.1 Å². The van der Waals surface area contributed by atoms with Gasteiger partial charge < -0.3 is 10.7 Å². The molecule has 1 aromatic rings. The summed E-state index contributed by atoms with van der Waals surface area (Å²) in [4.78, 5) is 0. The fourth-order valence-electron chi connectivity index (χ4n) is 1.85. The highest BCUT2D eigenvalue weighted by Gasteiger charge is 2.14. The van der Waals surface area contributed by atoms with Crippen molar-refractivity contribution in [1.82, 2.24) is 0 Å². The van der Waals surface area contributed by atoms with Crippen molar-refractivity contribution >= 4 is 28.0 Å². The standard InChI is InChI=1S/C11H13N3S/c12-7-15-11(13)9-3-1-5-10-8(9)4-2-6-14-10/h1,3,5,7,12-14H,2,4,6H2. The van der Waals surface area contributed by atoms with E-state index in [1.165, 1.54) is 11.1 Å². The minimum Gasteiger partial charge on any atom is -0.385 e. The Bertz CT molecular complexity index is 401. The fourth-order valence-corrected chi connectivity index (χ4v) is 2.28. The first-order valence-corrected chi connectivity index (χ1v) is 5.81. The molecule has 0 bridgehead atoms. The average molecular weight is 219 g/mol. The molecule has 1 heterocycles. The van der Waals surface area contributed by atoms with Crippen LogP contribution in [0.2, 0.25) is 0 Å². The van der Waals surface area contributed by atoms with E-state index in [2.05, 4.69) is 11.4 Å². The van der Waals surface area contributed by atoms with Gasteiger partial charge in [0, 0.05) is 17.8 Å². The van der Waals surface area contributed by atoms with Gasteiger partial charge in [-0.3, -0.25) is 5.41 Å². The number of rotatable bonds is 2. The SMILES string of the molecule is N=CSC(=N)c1cccc2c1CCCN2. The molecule has 0 amide bonds. The molecule has 0 atom stereocenters. The Morgan fingerprint density at radius 3 is 3.13 bits per heavy atom. The largest absolute Gasteiger partial charge is 0.385 e. The van der Waals surface area contributed by atoms with Gasteiger partial charge in [-0.1, -0.05) is 23.9 Å². The number of hydrogen-bond acceptors (Lipinski definition) is 4. The number of nitrogens with one attached hydrogen (secondary N) is 3. The summed E-state index contributed by atoms with van der Waals surface area (Å²) in [5.74, 6) is 0. The summed E-state index contributed by atoms with van der Waals surface area (Å²) in [6.07, 6.45) is 2.14. The Morgan fingerprint density at radius 1 is 1.47 bits per heavy atom. The monoisotopic (exact) mass is 219 g/mol. The van der Waals surface area contributed by atoms with E-state index >= 15 is 0 Å². The zero-order valence-electron chi connectivity index (χ0n) is 8.34. The van der Waals surface area contributed by atoms with Gasteiger partial charge in [0.2, 0.25) is 0 Å². The molecule has 1 aromatic carbocycles. The van der Waals surface area contributed by atoms with E-state index < -0.39 is 0 Å². The molecule has 1 aliphatic heterocycles. The molecule has 0 aliphatic carbocycles. The smallest absolute Gasteiger partial charge is 0.100 e. The second-order valence-electron chi connectivity index (χ2n) is 3.43. The molecule has 4 heteroatoms. The maximum atomic E-state index is 7.85. The van der Waals surface area contributed by atoms with Gasteiger partial charge in [0.05, 0.1) is 5.55 Å². The lowest BCUT2D eigenvalue weighted by Gasteiger charge is -2.20. The van der Waals surface area contributed by atoms with Crippen molar-refractivity contribution in [2.45, 2.75) is 12.8 Å². The molecule has 0 radical (unpaired) electrons. The minimum absolute atomic E-state index is 0.463. The van der Waals surface area contributed by atoms with Crippen molar-refractivity contribution < 1.29 is 0 Å². The minimum atomic E-state index is 0.463. The maximum absolute atomic E-state index is 7.85. The Labute approximate surface area is 93.3 Å². The van der Waals surface area contributed by atoms with Crippen LogP contribution in [-0.4, -0.2) is 17.1 Å². The van der Waals surface area contributed by atoms with Crippen LogP contribution in [0.5, 0.6) is 0 Å². The van der Waals surface area contributed by atoms with Gasteiger partial charge in [-0.15, -0.1) is 0 Å². The van der Waals surface area contributed by atoms with Crippen molar-refractivity contribution in [3.63, 3.8) is 0 Å². The highest BCUT2D eigenvalue weighted by molar-refractivity contribution is 8.25. The third kappa shape index (κ3) is 2.04. The number of thioether (sulfide) groups is 1. The summed E-state index contributed by atoms with van der Waals surface area (Å²) in [6.45, 7) is 1.02. The van der Waals surface area contributed by atoms with Gasteiger partial charge in [0.1, 0.15) is 5.04 Å². The van der Waals surface area contributed by atoms with Crippen LogP contribution in [0, 0.1) is 10.8 Å². The van der Waals surface area contributed by atoms with Gasteiger partial charge in [0.15, 0.2) is 0 Å².